The van der Waals surface area contributed by atoms with E-state index in [-0.39, 0.29) is 10.9 Å². The molecular formula is C23H30N4O3S. The largest absolute Gasteiger partial charge is 0.322 e. The van der Waals surface area contributed by atoms with Crippen LogP contribution in [0.5, 0.6) is 0 Å². The van der Waals surface area contributed by atoms with Crippen LogP contribution in [0, 0.1) is 6.92 Å². The maximum Gasteiger partial charge on any atom is 0.318 e. The van der Waals surface area contributed by atoms with Crippen molar-refractivity contribution < 1.29 is 13.2 Å². The zero-order valence-electron chi connectivity index (χ0n) is 17.9. The molecule has 1 N–H and O–H groups in total. The molecule has 166 valence electrons. The van der Waals surface area contributed by atoms with E-state index in [0.29, 0.717) is 26.1 Å². The second kappa shape index (κ2) is 9.38. The lowest BCUT2D eigenvalue weighted by atomic mass is 10.2. The fraction of sp³-hybridized carbons (Fsp3) is 0.435. The van der Waals surface area contributed by atoms with Crippen molar-refractivity contribution in [2.24, 2.45) is 0 Å². The van der Waals surface area contributed by atoms with E-state index < -0.39 is 16.2 Å². The van der Waals surface area contributed by atoms with Gasteiger partial charge in [0.2, 0.25) is 10.0 Å². The van der Waals surface area contributed by atoms with Crippen molar-refractivity contribution in [3.8, 4) is 0 Å². The first-order chi connectivity index (χ1) is 14.9. The number of nitrogens with one attached hydrogen (secondary N) is 1. The van der Waals surface area contributed by atoms with Crippen molar-refractivity contribution in [1.29, 1.82) is 0 Å². The molecule has 0 radical (unpaired) electrons. The summed E-state index contributed by atoms with van der Waals surface area (Å²) in [4.78, 5) is 17.2. The van der Waals surface area contributed by atoms with Crippen LogP contribution in [-0.2, 0) is 16.6 Å². The Bertz CT molecular complexity index is 987. The number of carbonyl (C=O) groups is 1. The Hall–Kier alpha value is -2.42. The molecule has 0 spiro atoms. The Morgan fingerprint density at radius 2 is 1.65 bits per heavy atom. The molecule has 7 nitrogen and oxygen atoms in total. The van der Waals surface area contributed by atoms with Crippen molar-refractivity contribution in [2.75, 3.05) is 32.7 Å². The monoisotopic (exact) mass is 442 g/mol. The van der Waals surface area contributed by atoms with Crippen LogP contribution >= 0.6 is 0 Å². The van der Waals surface area contributed by atoms with Gasteiger partial charge in [-0.3, -0.25) is 4.90 Å². The van der Waals surface area contributed by atoms with Crippen LogP contribution in [0.15, 0.2) is 59.5 Å². The zero-order valence-corrected chi connectivity index (χ0v) is 18.7. The number of piperazine rings is 1. The lowest BCUT2D eigenvalue weighted by Gasteiger charge is -2.36. The quantitative estimate of drug-likeness (QED) is 0.773. The number of rotatable bonds is 5. The Morgan fingerprint density at radius 3 is 2.32 bits per heavy atom. The molecule has 2 fully saturated rings. The third-order valence-electron chi connectivity index (χ3n) is 6.03. The standard InChI is InChI=1S/C23H30N4O3S/c1-19-9-11-21(12-10-19)31(29,30)27-13-5-8-22(27)24-23(28)26-16-14-25(15-17-26)18-20-6-3-2-4-7-20/h2-4,6-7,9-12,22H,5,8,13-18H2,1H3,(H,24,28)/t22-/m0/s1. The second-order valence-electron chi connectivity index (χ2n) is 8.29. The summed E-state index contributed by atoms with van der Waals surface area (Å²) in [5, 5.41) is 2.97. The number of hydrogen-bond donors (Lipinski definition) is 1. The number of urea groups is 1. The predicted octanol–water partition coefficient (Wildman–Crippen LogP) is 2.63. The first kappa shape index (κ1) is 21.8. The Balaban J connectivity index is 1.33. The average molecular weight is 443 g/mol. The van der Waals surface area contributed by atoms with Crippen LogP contribution in [0.4, 0.5) is 4.79 Å². The van der Waals surface area contributed by atoms with Crippen molar-refractivity contribution in [2.45, 2.75) is 37.4 Å². The van der Waals surface area contributed by atoms with Crippen molar-refractivity contribution in [3.05, 3.63) is 65.7 Å². The van der Waals surface area contributed by atoms with Gasteiger partial charge >= 0.3 is 6.03 Å². The van der Waals surface area contributed by atoms with Crippen LogP contribution in [0.25, 0.3) is 0 Å². The van der Waals surface area contributed by atoms with E-state index in [1.807, 2.05) is 25.1 Å². The van der Waals surface area contributed by atoms with Gasteiger partial charge in [0.1, 0.15) is 0 Å². The molecule has 2 aromatic carbocycles. The van der Waals surface area contributed by atoms with Gasteiger partial charge in [0.25, 0.3) is 0 Å². The topological polar surface area (TPSA) is 73.0 Å². The Kier molecular flexibility index (Phi) is 6.60. The minimum atomic E-state index is -3.63. The van der Waals surface area contributed by atoms with Gasteiger partial charge in [-0.15, -0.1) is 0 Å². The van der Waals surface area contributed by atoms with Crippen LogP contribution in [0.2, 0.25) is 0 Å². The minimum Gasteiger partial charge on any atom is -0.322 e. The lowest BCUT2D eigenvalue weighted by Crippen LogP contribution is -2.55. The van der Waals surface area contributed by atoms with Gasteiger partial charge in [-0.2, -0.15) is 4.31 Å². The molecule has 0 bridgehead atoms. The molecule has 0 aromatic heterocycles. The number of sulfonamides is 1. The minimum absolute atomic E-state index is 0.185. The van der Waals surface area contributed by atoms with Crippen molar-refractivity contribution in [3.63, 3.8) is 0 Å². The highest BCUT2D eigenvalue weighted by Gasteiger charge is 2.37. The van der Waals surface area contributed by atoms with E-state index in [1.54, 1.807) is 29.2 Å². The van der Waals surface area contributed by atoms with Crippen LogP contribution < -0.4 is 5.32 Å². The van der Waals surface area contributed by atoms with Crippen LogP contribution in [0.1, 0.15) is 24.0 Å². The van der Waals surface area contributed by atoms with E-state index in [0.717, 1.165) is 31.6 Å². The number of aryl methyl sites for hydroxylation is 1. The molecule has 4 rings (SSSR count). The maximum atomic E-state index is 13.1. The fourth-order valence-corrected chi connectivity index (χ4v) is 5.82. The molecule has 2 heterocycles. The van der Waals surface area contributed by atoms with Crippen LogP contribution in [0.3, 0.4) is 0 Å². The third-order valence-corrected chi connectivity index (χ3v) is 7.95. The molecule has 2 aliphatic rings. The molecule has 0 unspecified atom stereocenters. The molecule has 2 aliphatic heterocycles. The second-order valence-corrected chi connectivity index (χ2v) is 10.2. The highest BCUT2D eigenvalue weighted by molar-refractivity contribution is 7.89. The fourth-order valence-electron chi connectivity index (χ4n) is 4.20. The van der Waals surface area contributed by atoms with E-state index in [9.17, 15) is 13.2 Å². The van der Waals surface area contributed by atoms with Crippen molar-refractivity contribution in [1.82, 2.24) is 19.4 Å². The summed E-state index contributed by atoms with van der Waals surface area (Å²) in [6.07, 6.45) is 0.868. The molecule has 2 aromatic rings. The predicted molar refractivity (Wildman–Crippen MR) is 120 cm³/mol. The summed E-state index contributed by atoms with van der Waals surface area (Å²) in [6, 6.07) is 17.0. The SMILES string of the molecule is Cc1ccc(S(=O)(=O)N2CCC[C@H]2NC(=O)N2CCN(Cc3ccccc3)CC2)cc1. The van der Waals surface area contributed by atoms with E-state index in [4.69, 9.17) is 0 Å². The third kappa shape index (κ3) is 5.08. The van der Waals surface area contributed by atoms with Gasteiger partial charge in [-0.05, 0) is 37.5 Å². The van der Waals surface area contributed by atoms with Crippen molar-refractivity contribution >= 4 is 16.1 Å². The average Bonchev–Trinajstić information content (AvgIpc) is 3.24. The summed E-state index contributed by atoms with van der Waals surface area (Å²) in [7, 11) is -3.63. The number of hydrogen-bond acceptors (Lipinski definition) is 4. The molecule has 8 heteroatoms. The summed E-state index contributed by atoms with van der Waals surface area (Å²) >= 11 is 0. The molecule has 0 saturated carbocycles. The summed E-state index contributed by atoms with van der Waals surface area (Å²) in [6.45, 7) is 6.10. The maximum absolute atomic E-state index is 13.1. The number of carbonyl (C=O) groups excluding carboxylic acids is 1. The van der Waals surface area contributed by atoms with Gasteiger partial charge in [0.15, 0.2) is 0 Å². The van der Waals surface area contributed by atoms with Gasteiger partial charge in [-0.1, -0.05) is 48.0 Å². The highest BCUT2D eigenvalue weighted by Crippen LogP contribution is 2.25. The molecule has 2 saturated heterocycles. The molecule has 31 heavy (non-hydrogen) atoms. The molecule has 1 atom stereocenters. The summed E-state index contributed by atoms with van der Waals surface area (Å²) < 4.78 is 27.6. The normalized spacial score (nSPS) is 20.7. The number of amides is 2. The van der Waals surface area contributed by atoms with Gasteiger partial charge in [0, 0.05) is 39.3 Å². The first-order valence-electron chi connectivity index (χ1n) is 10.8. The van der Waals surface area contributed by atoms with Gasteiger partial charge < -0.3 is 10.2 Å². The van der Waals surface area contributed by atoms with E-state index >= 15 is 0 Å². The van der Waals surface area contributed by atoms with Gasteiger partial charge in [0.05, 0.1) is 11.1 Å². The number of nitrogens with zero attached hydrogens (tertiary/aromatic N) is 3. The zero-order chi connectivity index (χ0) is 21.8. The molecule has 0 aliphatic carbocycles. The van der Waals surface area contributed by atoms with E-state index in [2.05, 4.69) is 22.3 Å². The van der Waals surface area contributed by atoms with E-state index in [1.165, 1.54) is 9.87 Å². The molecular weight excluding hydrogens is 412 g/mol. The smallest absolute Gasteiger partial charge is 0.318 e. The first-order valence-corrected chi connectivity index (χ1v) is 12.3. The Morgan fingerprint density at radius 1 is 0.968 bits per heavy atom. The lowest BCUT2D eigenvalue weighted by molar-refractivity contribution is 0.130. The highest BCUT2D eigenvalue weighted by atomic mass is 32.2. The molecule has 2 amide bonds. The summed E-state index contributed by atoms with van der Waals surface area (Å²) in [5.74, 6) is 0. The van der Waals surface area contributed by atoms with Gasteiger partial charge in [-0.25, -0.2) is 13.2 Å². The number of benzene rings is 2. The van der Waals surface area contributed by atoms with Crippen LogP contribution in [-0.4, -0.2) is 67.4 Å². The Labute approximate surface area is 184 Å². The summed E-state index contributed by atoms with van der Waals surface area (Å²) in [5.41, 5.74) is 2.28.